The van der Waals surface area contributed by atoms with Crippen LogP contribution in [-0.4, -0.2) is 20.9 Å². The van der Waals surface area contributed by atoms with Crippen molar-refractivity contribution in [2.24, 2.45) is 11.8 Å². The maximum atomic E-state index is 10.9. The number of aromatic nitrogens is 2. The van der Waals surface area contributed by atoms with Gasteiger partial charge in [-0.3, -0.25) is 15.5 Å². The Morgan fingerprint density at radius 1 is 1.40 bits per heavy atom. The number of anilines is 2. The Morgan fingerprint density at radius 2 is 2.10 bits per heavy atom. The first-order valence-corrected chi connectivity index (χ1v) is 6.68. The van der Waals surface area contributed by atoms with Gasteiger partial charge in [-0.25, -0.2) is 10.8 Å². The summed E-state index contributed by atoms with van der Waals surface area (Å²) in [6.45, 7) is 6.32. The van der Waals surface area contributed by atoms with Crippen LogP contribution in [0.1, 0.15) is 40.0 Å². The summed E-state index contributed by atoms with van der Waals surface area (Å²) in [5, 5.41) is 14.0. The minimum Gasteiger partial charge on any atom is -0.362 e. The van der Waals surface area contributed by atoms with Gasteiger partial charge in [0.25, 0.3) is 0 Å². The lowest BCUT2D eigenvalue weighted by Gasteiger charge is -2.15. The Kier molecular flexibility index (Phi) is 6.10. The van der Waals surface area contributed by atoms with E-state index < -0.39 is 4.92 Å². The second-order valence-electron chi connectivity index (χ2n) is 5.20. The van der Waals surface area contributed by atoms with Crippen LogP contribution in [0.2, 0.25) is 0 Å². The molecule has 1 rings (SSSR count). The molecule has 0 radical (unpaired) electrons. The first-order valence-electron chi connectivity index (χ1n) is 6.68. The van der Waals surface area contributed by atoms with E-state index in [1.807, 2.05) is 6.92 Å². The maximum Gasteiger partial charge on any atom is 0.329 e. The number of hydrogen-bond acceptors (Lipinski definition) is 7. The van der Waals surface area contributed by atoms with Crippen LogP contribution in [0.5, 0.6) is 0 Å². The van der Waals surface area contributed by atoms with E-state index >= 15 is 0 Å². The molecule has 1 aromatic heterocycles. The van der Waals surface area contributed by atoms with Crippen molar-refractivity contribution in [1.29, 1.82) is 0 Å². The molecule has 1 unspecified atom stereocenters. The van der Waals surface area contributed by atoms with Gasteiger partial charge >= 0.3 is 5.69 Å². The monoisotopic (exact) mass is 282 g/mol. The average molecular weight is 282 g/mol. The van der Waals surface area contributed by atoms with Crippen LogP contribution in [0.25, 0.3) is 0 Å². The van der Waals surface area contributed by atoms with Crippen LogP contribution in [0.4, 0.5) is 17.5 Å². The number of nitro groups is 1. The summed E-state index contributed by atoms with van der Waals surface area (Å²) in [6, 6.07) is 0.0907. The van der Waals surface area contributed by atoms with Crippen molar-refractivity contribution in [2.45, 2.75) is 46.1 Å². The Morgan fingerprint density at radius 3 is 2.65 bits per heavy atom. The second kappa shape index (κ2) is 7.59. The third kappa shape index (κ3) is 4.96. The molecular formula is C12H22N6O2. The first-order chi connectivity index (χ1) is 9.43. The van der Waals surface area contributed by atoms with Crippen LogP contribution in [-0.2, 0) is 0 Å². The zero-order valence-electron chi connectivity index (χ0n) is 12.1. The molecule has 0 saturated heterocycles. The van der Waals surface area contributed by atoms with Gasteiger partial charge in [-0.2, -0.15) is 4.98 Å². The predicted molar refractivity (Wildman–Crippen MR) is 78.3 cm³/mol. The number of nitrogen functional groups attached to an aromatic ring is 1. The molecular weight excluding hydrogens is 260 g/mol. The molecule has 1 heterocycles. The third-order valence-corrected chi connectivity index (χ3v) is 2.90. The van der Waals surface area contributed by atoms with Gasteiger partial charge in [0.15, 0.2) is 0 Å². The summed E-state index contributed by atoms with van der Waals surface area (Å²) in [7, 11) is 0. The third-order valence-electron chi connectivity index (χ3n) is 2.90. The quantitative estimate of drug-likeness (QED) is 0.380. The summed E-state index contributed by atoms with van der Waals surface area (Å²) < 4.78 is 0. The topological polar surface area (TPSA) is 119 Å². The highest BCUT2D eigenvalue weighted by atomic mass is 16.6. The molecule has 0 saturated carbocycles. The van der Waals surface area contributed by atoms with E-state index in [0.717, 1.165) is 25.5 Å². The molecule has 4 N–H and O–H groups in total. The lowest BCUT2D eigenvalue weighted by atomic mass is 10.0. The molecule has 0 bridgehead atoms. The second-order valence-corrected chi connectivity index (χ2v) is 5.20. The molecule has 20 heavy (non-hydrogen) atoms. The number of nitrogens with zero attached hydrogens (tertiary/aromatic N) is 3. The molecule has 0 aliphatic rings. The fourth-order valence-electron chi connectivity index (χ4n) is 1.82. The number of nitrogens with two attached hydrogens (primary N) is 1. The van der Waals surface area contributed by atoms with Crippen LogP contribution < -0.4 is 16.6 Å². The van der Waals surface area contributed by atoms with Gasteiger partial charge in [-0.05, 0) is 19.3 Å². The van der Waals surface area contributed by atoms with Gasteiger partial charge in [0.05, 0.1) is 4.92 Å². The largest absolute Gasteiger partial charge is 0.362 e. The molecule has 0 aromatic carbocycles. The van der Waals surface area contributed by atoms with Crippen molar-refractivity contribution in [1.82, 2.24) is 9.97 Å². The van der Waals surface area contributed by atoms with E-state index in [1.165, 1.54) is 0 Å². The Labute approximate surface area is 118 Å². The normalized spacial score (nSPS) is 12.2. The molecule has 8 heteroatoms. The smallest absolute Gasteiger partial charge is 0.329 e. The molecule has 1 aromatic rings. The number of hydrazine groups is 1. The standard InChI is InChI=1S/C12H22N6O2/c1-8(2)5-4-6-9(3)15-11-10(18(19)20)7-14-12(16-11)17-13/h7-9H,4-6,13H2,1-3H3,(H2,14,15,16,17). The maximum absolute atomic E-state index is 10.9. The van der Waals surface area contributed by atoms with E-state index in [2.05, 4.69) is 34.6 Å². The highest BCUT2D eigenvalue weighted by Crippen LogP contribution is 2.23. The van der Waals surface area contributed by atoms with E-state index in [-0.39, 0.29) is 23.5 Å². The summed E-state index contributed by atoms with van der Waals surface area (Å²) in [5.74, 6) is 6.21. The van der Waals surface area contributed by atoms with Gasteiger partial charge in [0, 0.05) is 6.04 Å². The van der Waals surface area contributed by atoms with Crippen molar-refractivity contribution in [3.63, 3.8) is 0 Å². The Balaban J connectivity index is 2.71. The highest BCUT2D eigenvalue weighted by Gasteiger charge is 2.18. The van der Waals surface area contributed by atoms with E-state index in [0.29, 0.717) is 5.92 Å². The SMILES string of the molecule is CC(C)CCCC(C)Nc1nc(NN)ncc1[N+](=O)[O-]. The summed E-state index contributed by atoms with van der Waals surface area (Å²) >= 11 is 0. The molecule has 8 nitrogen and oxygen atoms in total. The lowest BCUT2D eigenvalue weighted by Crippen LogP contribution is -2.19. The van der Waals surface area contributed by atoms with E-state index in [4.69, 9.17) is 5.84 Å². The molecule has 1 atom stereocenters. The van der Waals surface area contributed by atoms with Crippen LogP contribution in [0.15, 0.2) is 6.20 Å². The zero-order chi connectivity index (χ0) is 15.1. The van der Waals surface area contributed by atoms with Gasteiger partial charge in [-0.1, -0.05) is 26.7 Å². The summed E-state index contributed by atoms with van der Waals surface area (Å²) in [6.07, 6.45) is 4.26. The molecule has 0 amide bonds. The van der Waals surface area contributed by atoms with Crippen molar-refractivity contribution >= 4 is 17.5 Å². The minimum absolute atomic E-state index is 0.0907. The number of nitrogens with one attached hydrogen (secondary N) is 2. The summed E-state index contributed by atoms with van der Waals surface area (Å²) in [4.78, 5) is 18.2. The summed E-state index contributed by atoms with van der Waals surface area (Å²) in [5.41, 5.74) is 2.13. The Hall–Kier alpha value is -1.96. The van der Waals surface area contributed by atoms with E-state index in [1.54, 1.807) is 0 Å². The molecule has 0 aliphatic heterocycles. The van der Waals surface area contributed by atoms with Crippen molar-refractivity contribution < 1.29 is 4.92 Å². The number of hydrogen-bond donors (Lipinski definition) is 3. The average Bonchev–Trinajstić information content (AvgIpc) is 2.37. The molecule has 0 spiro atoms. The fourth-order valence-corrected chi connectivity index (χ4v) is 1.82. The Bertz CT molecular complexity index is 452. The van der Waals surface area contributed by atoms with Crippen LogP contribution in [0, 0.1) is 16.0 Å². The zero-order valence-corrected chi connectivity index (χ0v) is 12.1. The van der Waals surface area contributed by atoms with Gasteiger partial charge in [-0.15, -0.1) is 0 Å². The minimum atomic E-state index is -0.510. The van der Waals surface area contributed by atoms with Gasteiger partial charge in [0.1, 0.15) is 6.20 Å². The highest BCUT2D eigenvalue weighted by molar-refractivity contribution is 5.57. The predicted octanol–water partition coefficient (Wildman–Crippen LogP) is 2.30. The number of rotatable bonds is 8. The fraction of sp³-hybridized carbons (Fsp3) is 0.667. The van der Waals surface area contributed by atoms with E-state index in [9.17, 15) is 10.1 Å². The van der Waals surface area contributed by atoms with Crippen molar-refractivity contribution in [3.05, 3.63) is 16.3 Å². The van der Waals surface area contributed by atoms with Crippen molar-refractivity contribution in [2.75, 3.05) is 10.7 Å². The lowest BCUT2D eigenvalue weighted by molar-refractivity contribution is -0.384. The molecule has 0 aliphatic carbocycles. The molecule has 0 fully saturated rings. The van der Waals surface area contributed by atoms with Gasteiger partial charge < -0.3 is 5.32 Å². The molecule has 112 valence electrons. The first kappa shape index (κ1) is 16.1. The van der Waals surface area contributed by atoms with Crippen LogP contribution >= 0.6 is 0 Å². The van der Waals surface area contributed by atoms with Gasteiger partial charge in [0.2, 0.25) is 11.8 Å². The van der Waals surface area contributed by atoms with Crippen LogP contribution in [0.3, 0.4) is 0 Å². The van der Waals surface area contributed by atoms with Crippen molar-refractivity contribution in [3.8, 4) is 0 Å².